The minimum Gasteiger partial charge on any atom is -0.381 e. The van der Waals surface area contributed by atoms with Crippen molar-refractivity contribution >= 4 is 17.7 Å². The van der Waals surface area contributed by atoms with Crippen LogP contribution in [-0.2, 0) is 4.74 Å². The second-order valence-corrected chi connectivity index (χ2v) is 8.38. The van der Waals surface area contributed by atoms with Crippen molar-refractivity contribution in [2.24, 2.45) is 4.99 Å². The molecule has 0 aliphatic carbocycles. The van der Waals surface area contributed by atoms with Crippen molar-refractivity contribution in [1.82, 2.24) is 10.6 Å². The molecular weight excluding hydrogens is 330 g/mol. The molecule has 0 aromatic heterocycles. The molecule has 2 N–H and O–H groups in total. The topological polar surface area (TPSA) is 45.7 Å². The van der Waals surface area contributed by atoms with Crippen molar-refractivity contribution < 1.29 is 4.74 Å². The molecule has 1 unspecified atom stereocenters. The molecule has 1 fully saturated rings. The Morgan fingerprint density at radius 3 is 2.64 bits per heavy atom. The van der Waals surface area contributed by atoms with E-state index in [1.54, 1.807) is 0 Å². The third-order valence-corrected chi connectivity index (χ3v) is 6.17. The van der Waals surface area contributed by atoms with Gasteiger partial charge in [0.15, 0.2) is 5.96 Å². The van der Waals surface area contributed by atoms with Crippen molar-refractivity contribution in [3.05, 3.63) is 35.4 Å². The number of benzene rings is 1. The number of guanidine groups is 1. The van der Waals surface area contributed by atoms with E-state index in [4.69, 9.17) is 9.73 Å². The number of hydrogen-bond acceptors (Lipinski definition) is 3. The quantitative estimate of drug-likeness (QED) is 0.569. The van der Waals surface area contributed by atoms with E-state index >= 15 is 0 Å². The van der Waals surface area contributed by atoms with Gasteiger partial charge in [-0.2, -0.15) is 11.8 Å². The van der Waals surface area contributed by atoms with Gasteiger partial charge in [-0.15, -0.1) is 0 Å². The van der Waals surface area contributed by atoms with Gasteiger partial charge in [-0.25, -0.2) is 0 Å². The number of hydrogen-bond donors (Lipinski definition) is 2. The van der Waals surface area contributed by atoms with Gasteiger partial charge in [-0.3, -0.25) is 4.99 Å². The Labute approximate surface area is 157 Å². The molecule has 1 aromatic rings. The van der Waals surface area contributed by atoms with Crippen molar-refractivity contribution in [2.45, 2.75) is 51.3 Å². The Morgan fingerprint density at radius 1 is 1.28 bits per heavy atom. The summed E-state index contributed by atoms with van der Waals surface area (Å²) < 4.78 is 5.79. The second kappa shape index (κ2) is 10.1. The number of nitrogens with one attached hydrogen (secondary N) is 2. The van der Waals surface area contributed by atoms with Gasteiger partial charge in [-0.05, 0) is 50.5 Å². The number of rotatable bonds is 7. The first kappa shape index (κ1) is 20.1. The molecule has 1 heterocycles. The van der Waals surface area contributed by atoms with Gasteiger partial charge in [0.05, 0.1) is 12.6 Å². The second-order valence-electron chi connectivity index (χ2n) is 6.65. The first-order chi connectivity index (χ1) is 12.1. The van der Waals surface area contributed by atoms with E-state index in [0.29, 0.717) is 0 Å². The lowest BCUT2D eigenvalue weighted by atomic mass is 9.99. The Kier molecular flexibility index (Phi) is 8.10. The van der Waals surface area contributed by atoms with Crippen molar-refractivity contribution in [2.75, 3.05) is 32.1 Å². The fourth-order valence-corrected chi connectivity index (χ4v) is 4.52. The Hall–Kier alpha value is -1.20. The highest BCUT2D eigenvalue weighted by Gasteiger charge is 2.32. The predicted molar refractivity (Wildman–Crippen MR) is 110 cm³/mol. The molecule has 1 aliphatic heterocycles. The Balaban J connectivity index is 2.07. The highest BCUT2D eigenvalue weighted by Crippen LogP contribution is 2.35. The summed E-state index contributed by atoms with van der Waals surface area (Å²) in [6, 6.07) is 8.75. The van der Waals surface area contributed by atoms with E-state index in [1.807, 2.05) is 11.8 Å². The molecule has 0 bridgehead atoms. The standard InChI is InChI=1S/C20H33N3OS/c1-5-21-19(23-17(4)18-10-8-7-9-16(18)3)22-15-20(25-6-2)11-13-24-14-12-20/h7-10,17H,5-6,11-15H2,1-4H3,(H2,21,22,23). The van der Waals surface area contributed by atoms with Crippen LogP contribution < -0.4 is 10.6 Å². The van der Waals surface area contributed by atoms with E-state index in [9.17, 15) is 0 Å². The van der Waals surface area contributed by atoms with Crippen LogP contribution in [0.3, 0.4) is 0 Å². The highest BCUT2D eigenvalue weighted by molar-refractivity contribution is 8.00. The lowest BCUT2D eigenvalue weighted by Gasteiger charge is -2.35. The summed E-state index contributed by atoms with van der Waals surface area (Å²) in [5, 5.41) is 6.97. The Morgan fingerprint density at radius 2 is 2.00 bits per heavy atom. The molecular formula is C20H33N3OS. The zero-order valence-electron chi connectivity index (χ0n) is 16.1. The van der Waals surface area contributed by atoms with Gasteiger partial charge in [-0.1, -0.05) is 31.2 Å². The van der Waals surface area contributed by atoms with E-state index in [1.165, 1.54) is 11.1 Å². The van der Waals surface area contributed by atoms with Crippen LogP contribution in [0.25, 0.3) is 0 Å². The maximum absolute atomic E-state index is 5.57. The molecule has 0 saturated carbocycles. The van der Waals surface area contributed by atoms with E-state index in [0.717, 1.165) is 50.9 Å². The lowest BCUT2D eigenvalue weighted by molar-refractivity contribution is 0.0793. The molecule has 0 spiro atoms. The van der Waals surface area contributed by atoms with E-state index in [2.05, 4.69) is 62.6 Å². The molecule has 0 radical (unpaired) electrons. The molecule has 2 rings (SSSR count). The van der Waals surface area contributed by atoms with E-state index in [-0.39, 0.29) is 10.8 Å². The van der Waals surface area contributed by atoms with Crippen LogP contribution in [0.1, 0.15) is 50.8 Å². The van der Waals surface area contributed by atoms with E-state index < -0.39 is 0 Å². The van der Waals surface area contributed by atoms with Gasteiger partial charge in [0.1, 0.15) is 0 Å². The van der Waals surface area contributed by atoms with Gasteiger partial charge < -0.3 is 15.4 Å². The Bertz CT molecular complexity index is 550. The normalized spacial score (nSPS) is 18.6. The maximum atomic E-state index is 5.57. The molecule has 1 aliphatic rings. The number of thioether (sulfide) groups is 1. The minimum absolute atomic E-state index is 0.223. The fourth-order valence-electron chi connectivity index (χ4n) is 3.30. The van der Waals surface area contributed by atoms with Crippen molar-refractivity contribution in [3.8, 4) is 0 Å². The molecule has 1 atom stereocenters. The first-order valence-corrected chi connectivity index (χ1v) is 10.4. The molecule has 4 nitrogen and oxygen atoms in total. The van der Waals surface area contributed by atoms with Crippen LogP contribution in [-0.4, -0.2) is 42.8 Å². The largest absolute Gasteiger partial charge is 0.381 e. The summed E-state index contributed by atoms with van der Waals surface area (Å²) in [7, 11) is 0. The third-order valence-electron chi connectivity index (χ3n) is 4.73. The molecule has 140 valence electrons. The third kappa shape index (κ3) is 5.93. The van der Waals surface area contributed by atoms with Crippen LogP contribution >= 0.6 is 11.8 Å². The van der Waals surface area contributed by atoms with Gasteiger partial charge in [0, 0.05) is 24.5 Å². The highest BCUT2D eigenvalue weighted by atomic mass is 32.2. The fraction of sp³-hybridized carbons (Fsp3) is 0.650. The minimum atomic E-state index is 0.223. The smallest absolute Gasteiger partial charge is 0.191 e. The number of aryl methyl sites for hydroxylation is 1. The average Bonchev–Trinajstić information content (AvgIpc) is 2.61. The SMILES string of the molecule is CCNC(=NCC1(SCC)CCOCC1)NC(C)c1ccccc1C. The van der Waals surface area contributed by atoms with Crippen molar-refractivity contribution in [1.29, 1.82) is 0 Å². The molecule has 25 heavy (non-hydrogen) atoms. The van der Waals surface area contributed by atoms with Gasteiger partial charge in [0.2, 0.25) is 0 Å². The summed E-state index contributed by atoms with van der Waals surface area (Å²) in [4.78, 5) is 4.94. The molecule has 5 heteroatoms. The summed E-state index contributed by atoms with van der Waals surface area (Å²) >= 11 is 2.03. The maximum Gasteiger partial charge on any atom is 0.191 e. The average molecular weight is 364 g/mol. The van der Waals surface area contributed by atoms with Gasteiger partial charge >= 0.3 is 0 Å². The van der Waals surface area contributed by atoms with Crippen LogP contribution in [0.4, 0.5) is 0 Å². The number of ether oxygens (including phenoxy) is 1. The molecule has 1 saturated heterocycles. The zero-order valence-corrected chi connectivity index (χ0v) is 16.9. The van der Waals surface area contributed by atoms with Crippen LogP contribution in [0.2, 0.25) is 0 Å². The van der Waals surface area contributed by atoms with Crippen LogP contribution in [0.15, 0.2) is 29.3 Å². The zero-order chi connectivity index (χ0) is 18.1. The summed E-state index contributed by atoms with van der Waals surface area (Å²) in [5.41, 5.74) is 2.62. The lowest BCUT2D eigenvalue weighted by Crippen LogP contribution is -2.42. The first-order valence-electron chi connectivity index (χ1n) is 9.42. The number of nitrogens with zero attached hydrogens (tertiary/aromatic N) is 1. The van der Waals surface area contributed by atoms with Crippen LogP contribution in [0.5, 0.6) is 0 Å². The summed E-state index contributed by atoms with van der Waals surface area (Å²) in [6.07, 6.45) is 2.17. The van der Waals surface area contributed by atoms with Crippen molar-refractivity contribution in [3.63, 3.8) is 0 Å². The van der Waals surface area contributed by atoms with Crippen LogP contribution in [0, 0.1) is 6.92 Å². The number of aliphatic imine (C=N–C) groups is 1. The molecule has 1 aromatic carbocycles. The predicted octanol–water partition coefficient (Wildman–Crippen LogP) is 3.91. The monoisotopic (exact) mass is 363 g/mol. The summed E-state index contributed by atoms with van der Waals surface area (Å²) in [5.74, 6) is 2.03. The van der Waals surface area contributed by atoms with Gasteiger partial charge in [0.25, 0.3) is 0 Å². The molecule has 0 amide bonds. The summed E-state index contributed by atoms with van der Waals surface area (Å²) in [6.45, 7) is 12.1.